The molecule has 7 nitrogen and oxygen atoms in total. The molecule has 2 N–H and O–H groups in total. The highest BCUT2D eigenvalue weighted by molar-refractivity contribution is 7.89. The number of nitrogens with one attached hydrogen (secondary N) is 1. The second kappa shape index (κ2) is 8.54. The van der Waals surface area contributed by atoms with E-state index in [2.05, 4.69) is 5.32 Å². The number of carbonyl (C=O) groups excluding carboxylic acids is 1. The van der Waals surface area contributed by atoms with E-state index in [0.717, 1.165) is 16.4 Å². The summed E-state index contributed by atoms with van der Waals surface area (Å²) in [5.74, 6) is -6.95. The van der Waals surface area contributed by atoms with Crippen molar-refractivity contribution in [2.24, 2.45) is 0 Å². The smallest absolute Gasteiger partial charge is 0.255 e. The maximum atomic E-state index is 14.1. The van der Waals surface area contributed by atoms with Gasteiger partial charge < -0.3 is 15.2 Å². The third-order valence-corrected chi connectivity index (χ3v) is 6.25. The van der Waals surface area contributed by atoms with Crippen molar-refractivity contribution >= 4 is 21.6 Å². The summed E-state index contributed by atoms with van der Waals surface area (Å²) in [5, 5.41) is 12.3. The molecule has 1 aliphatic heterocycles. The summed E-state index contributed by atoms with van der Waals surface area (Å²) in [4.78, 5) is 11.8. The van der Waals surface area contributed by atoms with Crippen molar-refractivity contribution in [3.05, 3.63) is 59.2 Å². The van der Waals surface area contributed by atoms with Gasteiger partial charge in [-0.3, -0.25) is 4.79 Å². The Morgan fingerprint density at radius 3 is 2.42 bits per heavy atom. The van der Waals surface area contributed by atoms with Gasteiger partial charge in [-0.2, -0.15) is 4.31 Å². The Hall–Kier alpha value is -2.54. The fourth-order valence-electron chi connectivity index (χ4n) is 2.99. The van der Waals surface area contributed by atoms with E-state index in [9.17, 15) is 35.9 Å². The average molecular weight is 462 g/mol. The number of benzene rings is 2. The first-order valence-corrected chi connectivity index (χ1v) is 10.4. The molecule has 2 aromatic carbocycles. The number of nitrogens with zero attached hydrogens (tertiary/aromatic N) is 1. The highest BCUT2D eigenvalue weighted by Gasteiger charge is 2.35. The summed E-state index contributed by atoms with van der Waals surface area (Å²) < 4.78 is 85.9. The number of hydrogen-bond acceptors (Lipinski definition) is 5. The van der Waals surface area contributed by atoms with Crippen molar-refractivity contribution in [3.63, 3.8) is 0 Å². The van der Waals surface area contributed by atoms with E-state index in [1.54, 1.807) is 0 Å². The number of β-amino-alcohol motifs (C(OH)–C–C–N with tert-alkyl or cyclic N) is 1. The highest BCUT2D eigenvalue weighted by Crippen LogP contribution is 2.24. The third kappa shape index (κ3) is 5.21. The second-order valence-electron chi connectivity index (χ2n) is 7.27. The number of anilines is 1. The van der Waals surface area contributed by atoms with Crippen LogP contribution in [0.1, 0.15) is 17.3 Å². The summed E-state index contributed by atoms with van der Waals surface area (Å²) in [6, 6.07) is 3.35. The van der Waals surface area contributed by atoms with Crippen molar-refractivity contribution in [1.29, 1.82) is 0 Å². The number of hydrogen-bond donors (Lipinski definition) is 2. The molecule has 1 heterocycles. The minimum Gasteiger partial charge on any atom is -0.386 e. The molecule has 1 saturated heterocycles. The second-order valence-corrected chi connectivity index (χ2v) is 9.21. The van der Waals surface area contributed by atoms with Gasteiger partial charge in [0.1, 0.15) is 5.82 Å². The fraction of sp³-hybridized carbons (Fsp3) is 0.316. The molecule has 168 valence electrons. The lowest BCUT2D eigenvalue weighted by Gasteiger charge is -2.26. The van der Waals surface area contributed by atoms with Crippen LogP contribution in [-0.4, -0.2) is 55.6 Å². The van der Waals surface area contributed by atoms with Crippen LogP contribution in [0.2, 0.25) is 0 Å². The van der Waals surface area contributed by atoms with Gasteiger partial charge in [0.2, 0.25) is 10.0 Å². The van der Waals surface area contributed by atoms with Crippen molar-refractivity contribution < 1.29 is 40.6 Å². The first-order chi connectivity index (χ1) is 14.4. The van der Waals surface area contributed by atoms with E-state index in [4.69, 9.17) is 4.74 Å². The predicted molar refractivity (Wildman–Crippen MR) is 101 cm³/mol. The van der Waals surface area contributed by atoms with E-state index in [1.165, 1.54) is 6.92 Å². The maximum absolute atomic E-state index is 14.1. The van der Waals surface area contributed by atoms with Gasteiger partial charge in [-0.05, 0) is 25.1 Å². The summed E-state index contributed by atoms with van der Waals surface area (Å²) in [7, 11) is -4.32. The zero-order valence-corrected chi connectivity index (χ0v) is 17.0. The number of aliphatic hydroxyl groups is 1. The molecule has 0 saturated carbocycles. The van der Waals surface area contributed by atoms with Crippen molar-refractivity contribution in [2.45, 2.75) is 17.4 Å². The molecule has 2 aromatic rings. The lowest BCUT2D eigenvalue weighted by Crippen LogP contribution is -2.44. The van der Waals surface area contributed by atoms with E-state index in [1.807, 2.05) is 0 Å². The number of amides is 1. The fourth-order valence-corrected chi connectivity index (χ4v) is 4.59. The molecular formula is C19H18F4N2O5S. The molecule has 0 aliphatic carbocycles. The summed E-state index contributed by atoms with van der Waals surface area (Å²) in [6.45, 7) is 0.860. The minimum absolute atomic E-state index is 0.000264. The van der Waals surface area contributed by atoms with Crippen LogP contribution in [-0.2, 0) is 14.8 Å². The SMILES string of the molecule is CC1(O)COCCN(S(=O)(=O)c2cc(F)cc(C(=O)Nc3cc(F)c(F)c(F)c3)c2)C1. The Bertz CT molecular complexity index is 1100. The van der Waals surface area contributed by atoms with Crippen LogP contribution < -0.4 is 5.32 Å². The van der Waals surface area contributed by atoms with Crippen LogP contribution >= 0.6 is 0 Å². The molecule has 1 unspecified atom stereocenters. The van der Waals surface area contributed by atoms with Gasteiger partial charge in [-0.15, -0.1) is 0 Å². The quantitative estimate of drug-likeness (QED) is 0.537. The van der Waals surface area contributed by atoms with Crippen LogP contribution in [0.25, 0.3) is 0 Å². The van der Waals surface area contributed by atoms with E-state index in [0.29, 0.717) is 18.2 Å². The Labute approximate surface area is 175 Å². The lowest BCUT2D eigenvalue weighted by atomic mass is 10.1. The summed E-state index contributed by atoms with van der Waals surface area (Å²) in [5.41, 5.74) is -2.38. The average Bonchev–Trinajstić information content (AvgIpc) is 2.86. The largest absolute Gasteiger partial charge is 0.386 e. The normalized spacial score (nSPS) is 20.3. The van der Waals surface area contributed by atoms with Gasteiger partial charge in [0, 0.05) is 36.5 Å². The Morgan fingerprint density at radius 1 is 1.13 bits per heavy atom. The molecule has 1 aliphatic rings. The van der Waals surface area contributed by atoms with E-state index in [-0.39, 0.29) is 26.3 Å². The maximum Gasteiger partial charge on any atom is 0.255 e. The minimum atomic E-state index is -4.32. The van der Waals surface area contributed by atoms with Crippen LogP contribution in [0.3, 0.4) is 0 Å². The van der Waals surface area contributed by atoms with Crippen molar-refractivity contribution in [2.75, 3.05) is 31.6 Å². The molecule has 3 rings (SSSR count). The molecule has 0 bridgehead atoms. The first kappa shape index (κ1) is 23.1. The standard InChI is InChI=1S/C19H18F4N2O5S/c1-19(27)9-25(2-3-30-10-19)31(28,29)14-5-11(4-12(20)6-14)18(26)24-13-7-15(21)17(23)16(22)8-13/h4-8,27H,2-3,9-10H2,1H3,(H,24,26). The van der Waals surface area contributed by atoms with Gasteiger partial charge in [0.05, 0.1) is 23.7 Å². The van der Waals surface area contributed by atoms with E-state index >= 15 is 0 Å². The molecule has 0 spiro atoms. The van der Waals surface area contributed by atoms with Gasteiger partial charge >= 0.3 is 0 Å². The molecule has 1 fully saturated rings. The molecular weight excluding hydrogens is 444 g/mol. The lowest BCUT2D eigenvalue weighted by molar-refractivity contribution is -0.0173. The third-order valence-electron chi connectivity index (χ3n) is 4.43. The number of ether oxygens (including phenoxy) is 1. The van der Waals surface area contributed by atoms with E-state index < -0.39 is 60.9 Å². The van der Waals surface area contributed by atoms with Gasteiger partial charge in [-0.1, -0.05) is 0 Å². The molecule has 0 radical (unpaired) electrons. The van der Waals surface area contributed by atoms with Gasteiger partial charge in [0.25, 0.3) is 5.91 Å². The number of halogens is 4. The Kier molecular flexibility index (Phi) is 6.37. The van der Waals surface area contributed by atoms with Gasteiger partial charge in [-0.25, -0.2) is 26.0 Å². The molecule has 1 amide bonds. The number of rotatable bonds is 4. The zero-order chi connectivity index (χ0) is 23.0. The zero-order valence-electron chi connectivity index (χ0n) is 16.2. The van der Waals surface area contributed by atoms with Crippen LogP contribution in [0.15, 0.2) is 35.2 Å². The van der Waals surface area contributed by atoms with Crippen LogP contribution in [0.4, 0.5) is 23.2 Å². The van der Waals surface area contributed by atoms with Crippen molar-refractivity contribution in [1.82, 2.24) is 4.31 Å². The summed E-state index contributed by atoms with van der Waals surface area (Å²) in [6.07, 6.45) is 0. The predicted octanol–water partition coefficient (Wildman–Crippen LogP) is 2.27. The first-order valence-electron chi connectivity index (χ1n) is 8.96. The molecule has 1 atom stereocenters. The number of sulfonamides is 1. The topological polar surface area (TPSA) is 95.9 Å². The van der Waals surface area contributed by atoms with Gasteiger partial charge in [0.15, 0.2) is 17.5 Å². The summed E-state index contributed by atoms with van der Waals surface area (Å²) >= 11 is 0. The molecule has 31 heavy (non-hydrogen) atoms. The highest BCUT2D eigenvalue weighted by atomic mass is 32.2. The van der Waals surface area contributed by atoms with Crippen molar-refractivity contribution in [3.8, 4) is 0 Å². The molecule has 12 heteroatoms. The Morgan fingerprint density at radius 2 is 1.77 bits per heavy atom. The number of carbonyl (C=O) groups is 1. The van der Waals surface area contributed by atoms with Crippen LogP contribution in [0.5, 0.6) is 0 Å². The van der Waals surface area contributed by atoms with Crippen LogP contribution in [0, 0.1) is 23.3 Å². The Balaban J connectivity index is 1.91. The molecule has 0 aromatic heterocycles. The monoisotopic (exact) mass is 462 g/mol.